The number of rotatable bonds is 0. The summed E-state index contributed by atoms with van der Waals surface area (Å²) in [6.07, 6.45) is 3.55. The van der Waals surface area contributed by atoms with Crippen molar-refractivity contribution in [1.29, 1.82) is 0 Å². The molecule has 0 aliphatic heterocycles. The smallest absolute Gasteiger partial charge is 0.132 e. The zero-order valence-electron chi connectivity index (χ0n) is 6.05. The summed E-state index contributed by atoms with van der Waals surface area (Å²) in [6, 6.07) is 2.24. The van der Waals surface area contributed by atoms with Crippen molar-refractivity contribution in [2.75, 3.05) is 0 Å². The van der Waals surface area contributed by atoms with Crippen molar-refractivity contribution < 1.29 is 0 Å². The first-order chi connectivity index (χ1) is 5.27. The number of fused-ring (bicyclic) bond motifs is 1. The third-order valence-corrected chi connectivity index (χ3v) is 2.37. The van der Waals surface area contributed by atoms with Crippen molar-refractivity contribution in [3.05, 3.63) is 28.5 Å². The summed E-state index contributed by atoms with van der Waals surface area (Å²) in [5.41, 5.74) is 8.17. The molecule has 2 N–H and O–H groups in total. The van der Waals surface area contributed by atoms with E-state index in [1.807, 2.05) is 6.07 Å². The predicted molar refractivity (Wildman–Crippen MR) is 44.6 cm³/mol. The van der Waals surface area contributed by atoms with Crippen LogP contribution in [0.4, 0.5) is 0 Å². The van der Waals surface area contributed by atoms with Crippen LogP contribution in [0.25, 0.3) is 0 Å². The van der Waals surface area contributed by atoms with Gasteiger partial charge in [0.15, 0.2) is 0 Å². The summed E-state index contributed by atoms with van der Waals surface area (Å²) in [7, 11) is 0. The van der Waals surface area contributed by atoms with Crippen LogP contribution in [-0.4, -0.2) is 11.0 Å². The lowest BCUT2D eigenvalue weighted by Crippen LogP contribution is -2.19. The molecule has 1 aromatic rings. The standard InChI is InChI=1S/C8H9ClN2/c9-8-7-4-6(10)3-5(7)1-2-11-8/h1-2,6H,3-4,10H2. The monoisotopic (exact) mass is 168 g/mol. The fourth-order valence-corrected chi connectivity index (χ4v) is 1.78. The van der Waals surface area contributed by atoms with Crippen molar-refractivity contribution in [1.82, 2.24) is 4.98 Å². The van der Waals surface area contributed by atoms with E-state index in [4.69, 9.17) is 17.3 Å². The van der Waals surface area contributed by atoms with Gasteiger partial charge in [-0.2, -0.15) is 0 Å². The van der Waals surface area contributed by atoms with E-state index < -0.39 is 0 Å². The first kappa shape index (κ1) is 7.07. The summed E-state index contributed by atoms with van der Waals surface area (Å²) in [5, 5.41) is 0.621. The molecule has 0 radical (unpaired) electrons. The Labute approximate surface area is 70.4 Å². The van der Waals surface area contributed by atoms with Gasteiger partial charge in [-0.05, 0) is 30.0 Å². The topological polar surface area (TPSA) is 38.9 Å². The normalized spacial score (nSPS) is 21.8. The van der Waals surface area contributed by atoms with Gasteiger partial charge < -0.3 is 5.73 Å². The van der Waals surface area contributed by atoms with Gasteiger partial charge in [-0.3, -0.25) is 0 Å². The summed E-state index contributed by atoms with van der Waals surface area (Å²) in [4.78, 5) is 4.00. The zero-order chi connectivity index (χ0) is 7.84. The molecule has 0 amide bonds. The predicted octanol–water partition coefficient (Wildman–Crippen LogP) is 1.16. The highest BCUT2D eigenvalue weighted by molar-refractivity contribution is 6.30. The average molecular weight is 169 g/mol. The molecule has 1 unspecified atom stereocenters. The molecule has 1 atom stereocenters. The highest BCUT2D eigenvalue weighted by Crippen LogP contribution is 2.25. The van der Waals surface area contributed by atoms with E-state index in [1.54, 1.807) is 6.20 Å². The van der Waals surface area contributed by atoms with Crippen LogP contribution in [0.5, 0.6) is 0 Å². The fourth-order valence-electron chi connectivity index (χ4n) is 1.53. The van der Waals surface area contributed by atoms with Gasteiger partial charge in [0, 0.05) is 12.2 Å². The fraction of sp³-hybridized carbons (Fsp3) is 0.375. The Kier molecular flexibility index (Phi) is 1.59. The van der Waals surface area contributed by atoms with Crippen LogP contribution in [0.1, 0.15) is 11.1 Å². The third-order valence-electron chi connectivity index (χ3n) is 2.05. The van der Waals surface area contributed by atoms with E-state index in [1.165, 1.54) is 5.56 Å². The SMILES string of the molecule is NC1Cc2ccnc(Cl)c2C1. The van der Waals surface area contributed by atoms with Crippen LogP contribution < -0.4 is 5.73 Å². The van der Waals surface area contributed by atoms with Crippen LogP contribution in [0, 0.1) is 0 Å². The second kappa shape index (κ2) is 2.47. The lowest BCUT2D eigenvalue weighted by atomic mass is 10.2. The molecule has 2 nitrogen and oxygen atoms in total. The number of nitrogens with two attached hydrogens (primary N) is 1. The number of hydrogen-bond acceptors (Lipinski definition) is 2. The second-order valence-electron chi connectivity index (χ2n) is 2.91. The summed E-state index contributed by atoms with van der Waals surface area (Å²) in [6.45, 7) is 0. The van der Waals surface area contributed by atoms with E-state index in [2.05, 4.69) is 4.98 Å². The highest BCUT2D eigenvalue weighted by atomic mass is 35.5. The Morgan fingerprint density at radius 1 is 1.55 bits per heavy atom. The lowest BCUT2D eigenvalue weighted by Gasteiger charge is -1.97. The van der Waals surface area contributed by atoms with Crippen molar-refractivity contribution in [3.63, 3.8) is 0 Å². The summed E-state index contributed by atoms with van der Waals surface area (Å²) >= 11 is 5.87. The van der Waals surface area contributed by atoms with Gasteiger partial charge >= 0.3 is 0 Å². The zero-order valence-corrected chi connectivity index (χ0v) is 6.80. The first-order valence-corrected chi connectivity index (χ1v) is 4.03. The van der Waals surface area contributed by atoms with Gasteiger partial charge in [-0.15, -0.1) is 0 Å². The van der Waals surface area contributed by atoms with E-state index in [0.29, 0.717) is 5.15 Å². The number of pyridine rings is 1. The minimum atomic E-state index is 0.242. The van der Waals surface area contributed by atoms with Crippen LogP contribution in [0.15, 0.2) is 12.3 Å². The second-order valence-corrected chi connectivity index (χ2v) is 3.27. The number of nitrogens with zero attached hydrogens (tertiary/aromatic N) is 1. The molecule has 1 aliphatic carbocycles. The number of hydrogen-bond donors (Lipinski definition) is 1. The molecule has 1 heterocycles. The Balaban J connectivity index is 2.49. The van der Waals surface area contributed by atoms with Gasteiger partial charge in [-0.25, -0.2) is 4.98 Å². The van der Waals surface area contributed by atoms with Crippen molar-refractivity contribution in [2.45, 2.75) is 18.9 Å². The number of aromatic nitrogens is 1. The molecule has 0 aromatic carbocycles. The Morgan fingerprint density at radius 2 is 2.36 bits per heavy atom. The van der Waals surface area contributed by atoms with Crippen molar-refractivity contribution in [3.8, 4) is 0 Å². The maximum Gasteiger partial charge on any atom is 0.132 e. The van der Waals surface area contributed by atoms with Crippen molar-refractivity contribution in [2.24, 2.45) is 5.73 Å². The molecule has 2 rings (SSSR count). The van der Waals surface area contributed by atoms with E-state index >= 15 is 0 Å². The first-order valence-electron chi connectivity index (χ1n) is 3.65. The van der Waals surface area contributed by atoms with Gasteiger partial charge in [0.1, 0.15) is 5.15 Å². The van der Waals surface area contributed by atoms with Gasteiger partial charge in [0.2, 0.25) is 0 Å². The highest BCUT2D eigenvalue weighted by Gasteiger charge is 2.20. The Bertz CT molecular complexity index is 285. The quantitative estimate of drug-likeness (QED) is 0.591. The van der Waals surface area contributed by atoms with Crippen LogP contribution >= 0.6 is 11.6 Å². The van der Waals surface area contributed by atoms with E-state index in [9.17, 15) is 0 Å². The molecule has 0 bridgehead atoms. The summed E-state index contributed by atoms with van der Waals surface area (Å²) < 4.78 is 0. The van der Waals surface area contributed by atoms with Crippen LogP contribution in [-0.2, 0) is 12.8 Å². The van der Waals surface area contributed by atoms with E-state index in [0.717, 1.165) is 18.4 Å². The maximum atomic E-state index is 5.87. The molecule has 58 valence electrons. The van der Waals surface area contributed by atoms with Gasteiger partial charge in [-0.1, -0.05) is 11.6 Å². The summed E-state index contributed by atoms with van der Waals surface area (Å²) in [5.74, 6) is 0. The minimum Gasteiger partial charge on any atom is -0.327 e. The molecule has 3 heteroatoms. The molecule has 0 fully saturated rings. The van der Waals surface area contributed by atoms with Gasteiger partial charge in [0.05, 0.1) is 0 Å². The molecule has 0 saturated heterocycles. The number of halogens is 1. The van der Waals surface area contributed by atoms with Crippen LogP contribution in [0.3, 0.4) is 0 Å². The maximum absolute atomic E-state index is 5.87. The largest absolute Gasteiger partial charge is 0.327 e. The molecule has 1 aliphatic rings. The van der Waals surface area contributed by atoms with Crippen molar-refractivity contribution >= 4 is 11.6 Å². The Morgan fingerprint density at radius 3 is 3.09 bits per heavy atom. The molecular formula is C8H9ClN2. The lowest BCUT2D eigenvalue weighted by molar-refractivity contribution is 0.721. The molecule has 1 aromatic heterocycles. The van der Waals surface area contributed by atoms with E-state index in [-0.39, 0.29) is 6.04 Å². The molecule has 0 saturated carbocycles. The van der Waals surface area contributed by atoms with Gasteiger partial charge in [0.25, 0.3) is 0 Å². The Hall–Kier alpha value is -0.600. The minimum absolute atomic E-state index is 0.242. The third kappa shape index (κ3) is 1.12. The average Bonchev–Trinajstić information content (AvgIpc) is 2.31. The molecular weight excluding hydrogens is 160 g/mol. The molecule has 0 spiro atoms. The van der Waals surface area contributed by atoms with Crippen LogP contribution in [0.2, 0.25) is 5.15 Å². The molecule has 11 heavy (non-hydrogen) atoms.